The average Bonchev–Trinajstić information content (AvgIpc) is 2.84. The Bertz CT molecular complexity index is 381. The van der Waals surface area contributed by atoms with E-state index < -0.39 is 24.9 Å². The molecule has 114 valence electrons. The number of likely N-dealkylation sites (tertiary alicyclic amines) is 1. The lowest BCUT2D eigenvalue weighted by atomic mass is 9.81. The molecule has 1 aliphatic heterocycles. The molecule has 20 heavy (non-hydrogen) atoms. The number of ketones is 1. The Labute approximate surface area is 116 Å². The third-order valence-corrected chi connectivity index (χ3v) is 4.31. The molecule has 0 aromatic rings. The van der Waals surface area contributed by atoms with Gasteiger partial charge in [-0.3, -0.25) is 9.59 Å². The molecule has 2 atom stereocenters. The Balaban J connectivity index is 1.96. The standard InChI is InChI=1S/C14H20F3NO2/c15-14(16,17)8-7-13(20)18-9-3-5-11(18)10-4-1-2-6-12(10)19/h10-11H,1-9H2. The molecule has 1 amide bonds. The average molecular weight is 291 g/mol. The molecule has 1 saturated carbocycles. The summed E-state index contributed by atoms with van der Waals surface area (Å²) in [7, 11) is 0. The van der Waals surface area contributed by atoms with E-state index >= 15 is 0 Å². The molecule has 0 radical (unpaired) electrons. The first-order chi connectivity index (χ1) is 9.38. The van der Waals surface area contributed by atoms with E-state index in [-0.39, 0.29) is 17.7 Å². The van der Waals surface area contributed by atoms with Gasteiger partial charge in [0.2, 0.25) is 5.91 Å². The van der Waals surface area contributed by atoms with Crippen LogP contribution in [-0.4, -0.2) is 35.4 Å². The number of carbonyl (C=O) groups excluding carboxylic acids is 2. The lowest BCUT2D eigenvalue weighted by Crippen LogP contribution is -2.44. The molecule has 2 fully saturated rings. The highest BCUT2D eigenvalue weighted by molar-refractivity contribution is 5.84. The molecule has 1 saturated heterocycles. The largest absolute Gasteiger partial charge is 0.389 e. The quantitative estimate of drug-likeness (QED) is 0.801. The second kappa shape index (κ2) is 6.14. The van der Waals surface area contributed by atoms with Crippen LogP contribution < -0.4 is 0 Å². The Kier molecular flexibility index (Phi) is 4.70. The maximum Gasteiger partial charge on any atom is 0.389 e. The van der Waals surface area contributed by atoms with Crippen LogP contribution in [0.25, 0.3) is 0 Å². The second-order valence-electron chi connectivity index (χ2n) is 5.73. The van der Waals surface area contributed by atoms with E-state index in [0.29, 0.717) is 13.0 Å². The summed E-state index contributed by atoms with van der Waals surface area (Å²) in [5.41, 5.74) is 0. The van der Waals surface area contributed by atoms with Crippen molar-refractivity contribution in [1.29, 1.82) is 0 Å². The monoisotopic (exact) mass is 291 g/mol. The SMILES string of the molecule is O=C1CCCCC1C1CCCN1C(=O)CCC(F)(F)F. The Morgan fingerprint density at radius 2 is 1.95 bits per heavy atom. The maximum absolute atomic E-state index is 12.2. The van der Waals surface area contributed by atoms with Gasteiger partial charge in [0, 0.05) is 31.3 Å². The highest BCUT2D eigenvalue weighted by atomic mass is 19.4. The van der Waals surface area contributed by atoms with Crippen molar-refractivity contribution in [3.8, 4) is 0 Å². The smallest absolute Gasteiger partial charge is 0.339 e. The number of amides is 1. The van der Waals surface area contributed by atoms with Gasteiger partial charge in [-0.05, 0) is 25.7 Å². The van der Waals surface area contributed by atoms with Gasteiger partial charge >= 0.3 is 6.18 Å². The summed E-state index contributed by atoms with van der Waals surface area (Å²) in [6.45, 7) is 0.491. The summed E-state index contributed by atoms with van der Waals surface area (Å²) in [4.78, 5) is 25.4. The predicted octanol–water partition coefficient (Wildman–Crippen LogP) is 3.08. The minimum Gasteiger partial charge on any atom is -0.339 e. The van der Waals surface area contributed by atoms with E-state index in [2.05, 4.69) is 0 Å². The van der Waals surface area contributed by atoms with Gasteiger partial charge in [-0.25, -0.2) is 0 Å². The van der Waals surface area contributed by atoms with Gasteiger partial charge in [-0.1, -0.05) is 6.42 Å². The first kappa shape index (κ1) is 15.3. The summed E-state index contributed by atoms with van der Waals surface area (Å²) in [5, 5.41) is 0. The van der Waals surface area contributed by atoms with E-state index in [1.165, 1.54) is 4.90 Å². The zero-order valence-electron chi connectivity index (χ0n) is 11.4. The van der Waals surface area contributed by atoms with Crippen molar-refractivity contribution >= 4 is 11.7 Å². The van der Waals surface area contributed by atoms with Gasteiger partial charge in [-0.15, -0.1) is 0 Å². The zero-order valence-corrected chi connectivity index (χ0v) is 11.4. The van der Waals surface area contributed by atoms with Crippen LogP contribution in [0.3, 0.4) is 0 Å². The second-order valence-corrected chi connectivity index (χ2v) is 5.73. The maximum atomic E-state index is 12.2. The summed E-state index contributed by atoms with van der Waals surface area (Å²) >= 11 is 0. The number of hydrogen-bond acceptors (Lipinski definition) is 2. The third-order valence-electron chi connectivity index (χ3n) is 4.31. The van der Waals surface area contributed by atoms with Crippen LogP contribution in [0.1, 0.15) is 51.4 Å². The molecule has 2 rings (SSSR count). The fourth-order valence-electron chi connectivity index (χ4n) is 3.33. The third kappa shape index (κ3) is 3.73. The summed E-state index contributed by atoms with van der Waals surface area (Å²) in [6.07, 6.45) is -1.17. The topological polar surface area (TPSA) is 37.4 Å². The minimum absolute atomic E-state index is 0.152. The van der Waals surface area contributed by atoms with Crippen molar-refractivity contribution in [3.63, 3.8) is 0 Å². The van der Waals surface area contributed by atoms with Gasteiger partial charge in [0.1, 0.15) is 5.78 Å². The molecule has 0 aromatic carbocycles. The van der Waals surface area contributed by atoms with Gasteiger partial charge in [-0.2, -0.15) is 13.2 Å². The van der Waals surface area contributed by atoms with Crippen LogP contribution in [0.15, 0.2) is 0 Å². The van der Waals surface area contributed by atoms with Crippen LogP contribution in [0.2, 0.25) is 0 Å². The lowest BCUT2D eigenvalue weighted by molar-refractivity contribution is -0.150. The van der Waals surface area contributed by atoms with Crippen LogP contribution >= 0.6 is 0 Å². The molecule has 3 nitrogen and oxygen atoms in total. The number of halogens is 3. The highest BCUT2D eigenvalue weighted by Gasteiger charge is 2.39. The van der Waals surface area contributed by atoms with Crippen LogP contribution in [0.4, 0.5) is 13.2 Å². The number of carbonyl (C=O) groups is 2. The lowest BCUT2D eigenvalue weighted by Gasteiger charge is -2.33. The molecule has 0 bridgehead atoms. The van der Waals surface area contributed by atoms with Crippen molar-refractivity contribution in [1.82, 2.24) is 4.90 Å². The van der Waals surface area contributed by atoms with Crippen LogP contribution in [0.5, 0.6) is 0 Å². The van der Waals surface area contributed by atoms with Crippen molar-refractivity contribution < 1.29 is 22.8 Å². The van der Waals surface area contributed by atoms with E-state index in [1.807, 2.05) is 0 Å². The number of hydrogen-bond donors (Lipinski definition) is 0. The van der Waals surface area contributed by atoms with Crippen LogP contribution in [-0.2, 0) is 9.59 Å². The molecule has 2 unspecified atom stereocenters. The Hall–Kier alpha value is -1.07. The van der Waals surface area contributed by atoms with E-state index in [1.54, 1.807) is 0 Å². The fraction of sp³-hybridized carbons (Fsp3) is 0.857. The minimum atomic E-state index is -4.30. The summed E-state index contributed by atoms with van der Waals surface area (Å²) < 4.78 is 36.6. The molecule has 0 N–H and O–H groups in total. The first-order valence-electron chi connectivity index (χ1n) is 7.27. The number of Topliss-reactive ketones (excluding diaryl/α,β-unsaturated/α-hetero) is 1. The number of alkyl halides is 3. The molecule has 0 aromatic heterocycles. The normalized spacial score (nSPS) is 27.9. The molecule has 1 heterocycles. The molecular weight excluding hydrogens is 271 g/mol. The fourth-order valence-corrected chi connectivity index (χ4v) is 3.33. The molecular formula is C14H20F3NO2. The van der Waals surface area contributed by atoms with Crippen LogP contribution in [0, 0.1) is 5.92 Å². The van der Waals surface area contributed by atoms with E-state index in [4.69, 9.17) is 0 Å². The predicted molar refractivity (Wildman–Crippen MR) is 67.0 cm³/mol. The number of rotatable bonds is 3. The molecule has 1 aliphatic carbocycles. The van der Waals surface area contributed by atoms with E-state index in [9.17, 15) is 22.8 Å². The first-order valence-corrected chi connectivity index (χ1v) is 7.27. The summed E-state index contributed by atoms with van der Waals surface area (Å²) in [5.74, 6) is -0.430. The molecule has 0 spiro atoms. The van der Waals surface area contributed by atoms with Gasteiger partial charge < -0.3 is 4.90 Å². The van der Waals surface area contributed by atoms with Crippen molar-refractivity contribution in [2.75, 3.05) is 6.54 Å². The van der Waals surface area contributed by atoms with Gasteiger partial charge in [0.25, 0.3) is 0 Å². The van der Waals surface area contributed by atoms with Crippen molar-refractivity contribution in [2.24, 2.45) is 5.92 Å². The molecule has 6 heteroatoms. The van der Waals surface area contributed by atoms with Crippen molar-refractivity contribution in [3.05, 3.63) is 0 Å². The highest BCUT2D eigenvalue weighted by Crippen LogP contribution is 2.33. The Morgan fingerprint density at radius 3 is 2.60 bits per heavy atom. The number of nitrogens with zero attached hydrogens (tertiary/aromatic N) is 1. The van der Waals surface area contributed by atoms with Gasteiger partial charge in [0.15, 0.2) is 0 Å². The molecule has 2 aliphatic rings. The van der Waals surface area contributed by atoms with Crippen molar-refractivity contribution in [2.45, 2.75) is 63.6 Å². The summed E-state index contributed by atoms with van der Waals surface area (Å²) in [6, 6.07) is -0.163. The van der Waals surface area contributed by atoms with E-state index in [0.717, 1.165) is 32.1 Å². The van der Waals surface area contributed by atoms with Gasteiger partial charge in [0.05, 0.1) is 6.42 Å². The zero-order chi connectivity index (χ0) is 14.8. The Morgan fingerprint density at radius 1 is 1.20 bits per heavy atom.